The first-order chi connectivity index (χ1) is 9.13. The predicted molar refractivity (Wildman–Crippen MR) is 81.2 cm³/mol. The smallest absolute Gasteiger partial charge is 0.0708 e. The Labute approximate surface area is 115 Å². The molecule has 1 aromatic heterocycles. The lowest BCUT2D eigenvalue weighted by molar-refractivity contribution is 0.520. The summed E-state index contributed by atoms with van der Waals surface area (Å²) in [4.78, 5) is 4.65. The highest BCUT2D eigenvalue weighted by molar-refractivity contribution is 5.83. The van der Waals surface area contributed by atoms with E-state index in [1.54, 1.807) is 0 Å². The van der Waals surface area contributed by atoms with Crippen molar-refractivity contribution in [3.8, 4) is 0 Å². The van der Waals surface area contributed by atoms with Gasteiger partial charge in [0.05, 0.1) is 5.52 Å². The molecular formula is C16H23N3. The molecule has 0 aliphatic rings. The number of nitrogens with one attached hydrogen (secondary N) is 1. The van der Waals surface area contributed by atoms with E-state index in [1.807, 2.05) is 6.07 Å². The minimum Gasteiger partial charge on any atom is -0.330 e. The van der Waals surface area contributed by atoms with E-state index >= 15 is 0 Å². The third-order valence-electron chi connectivity index (χ3n) is 3.74. The fraction of sp³-hybridized carbons (Fsp3) is 0.438. The van der Waals surface area contributed by atoms with Gasteiger partial charge >= 0.3 is 0 Å². The van der Waals surface area contributed by atoms with Crippen molar-refractivity contribution in [2.75, 3.05) is 6.54 Å². The number of hydrogen-bond acceptors (Lipinski definition) is 3. The molecule has 0 aliphatic heterocycles. The molecule has 102 valence electrons. The lowest BCUT2D eigenvalue weighted by atomic mass is 10.0. The number of benzene rings is 1. The molecule has 0 bridgehead atoms. The van der Waals surface area contributed by atoms with Gasteiger partial charge in [-0.2, -0.15) is 0 Å². The van der Waals surface area contributed by atoms with Crippen LogP contribution < -0.4 is 11.1 Å². The molecule has 0 radical (unpaired) electrons. The SMILES string of the molecule is Cc1nc2ccccc2c(CNC(C)CCN)c1C. The standard InChI is InChI=1S/C16H23N3/c1-11(8-9-17)18-10-15-12(2)13(3)19-16-7-5-4-6-14(15)16/h4-7,11,18H,8-10,17H2,1-3H3. The molecular weight excluding hydrogens is 234 g/mol. The Morgan fingerprint density at radius 2 is 2.00 bits per heavy atom. The van der Waals surface area contributed by atoms with E-state index in [-0.39, 0.29) is 0 Å². The highest BCUT2D eigenvalue weighted by Gasteiger charge is 2.09. The van der Waals surface area contributed by atoms with Gasteiger partial charge in [0, 0.05) is 23.7 Å². The fourth-order valence-electron chi connectivity index (χ4n) is 2.37. The number of nitrogens with two attached hydrogens (primary N) is 1. The molecule has 1 atom stereocenters. The Kier molecular flexibility index (Phi) is 4.51. The summed E-state index contributed by atoms with van der Waals surface area (Å²) in [5.41, 5.74) is 10.4. The van der Waals surface area contributed by atoms with Gasteiger partial charge in [-0.3, -0.25) is 4.98 Å². The number of rotatable bonds is 5. The van der Waals surface area contributed by atoms with Gasteiger partial charge in [0.25, 0.3) is 0 Å². The molecule has 2 aromatic rings. The molecule has 0 spiro atoms. The van der Waals surface area contributed by atoms with E-state index in [0.717, 1.165) is 30.7 Å². The van der Waals surface area contributed by atoms with Crippen molar-refractivity contribution < 1.29 is 0 Å². The molecule has 0 amide bonds. The quantitative estimate of drug-likeness (QED) is 0.866. The van der Waals surface area contributed by atoms with Gasteiger partial charge < -0.3 is 11.1 Å². The summed E-state index contributed by atoms with van der Waals surface area (Å²) in [7, 11) is 0. The van der Waals surface area contributed by atoms with E-state index < -0.39 is 0 Å². The summed E-state index contributed by atoms with van der Waals surface area (Å²) in [6.45, 7) is 8.01. The second kappa shape index (κ2) is 6.13. The van der Waals surface area contributed by atoms with E-state index in [0.29, 0.717) is 6.04 Å². The summed E-state index contributed by atoms with van der Waals surface area (Å²) in [6.07, 6.45) is 1.00. The molecule has 1 aromatic carbocycles. The van der Waals surface area contributed by atoms with Crippen molar-refractivity contribution >= 4 is 10.9 Å². The first-order valence-electron chi connectivity index (χ1n) is 6.91. The van der Waals surface area contributed by atoms with Crippen molar-refractivity contribution in [2.45, 2.75) is 39.8 Å². The molecule has 2 rings (SSSR count). The number of hydrogen-bond donors (Lipinski definition) is 2. The number of aryl methyl sites for hydroxylation is 1. The van der Waals surface area contributed by atoms with Crippen LogP contribution in [0.2, 0.25) is 0 Å². The van der Waals surface area contributed by atoms with Gasteiger partial charge in [-0.05, 0) is 50.9 Å². The number of aromatic nitrogens is 1. The Morgan fingerprint density at radius 3 is 2.74 bits per heavy atom. The Hall–Kier alpha value is -1.45. The summed E-state index contributed by atoms with van der Waals surface area (Å²) < 4.78 is 0. The molecule has 0 fully saturated rings. The first-order valence-corrected chi connectivity index (χ1v) is 6.91. The van der Waals surface area contributed by atoms with Crippen molar-refractivity contribution in [3.05, 3.63) is 41.1 Å². The minimum absolute atomic E-state index is 0.441. The van der Waals surface area contributed by atoms with E-state index in [4.69, 9.17) is 5.73 Å². The molecule has 1 heterocycles. The third-order valence-corrected chi connectivity index (χ3v) is 3.74. The van der Waals surface area contributed by atoms with Crippen molar-refractivity contribution in [3.63, 3.8) is 0 Å². The zero-order valence-electron chi connectivity index (χ0n) is 12.0. The lowest BCUT2D eigenvalue weighted by Gasteiger charge is -2.17. The summed E-state index contributed by atoms with van der Waals surface area (Å²) in [5, 5.41) is 4.80. The van der Waals surface area contributed by atoms with Crippen LogP contribution in [0.25, 0.3) is 10.9 Å². The predicted octanol–water partition coefficient (Wildman–Crippen LogP) is 2.68. The third kappa shape index (κ3) is 3.11. The van der Waals surface area contributed by atoms with Crippen LogP contribution >= 0.6 is 0 Å². The monoisotopic (exact) mass is 257 g/mol. The van der Waals surface area contributed by atoms with Crippen LogP contribution in [0, 0.1) is 13.8 Å². The highest BCUT2D eigenvalue weighted by Crippen LogP contribution is 2.22. The van der Waals surface area contributed by atoms with Crippen LogP contribution in [0.3, 0.4) is 0 Å². The number of para-hydroxylation sites is 1. The number of nitrogens with zero attached hydrogens (tertiary/aromatic N) is 1. The zero-order chi connectivity index (χ0) is 13.8. The molecule has 19 heavy (non-hydrogen) atoms. The van der Waals surface area contributed by atoms with Crippen LogP contribution in [-0.2, 0) is 6.54 Å². The van der Waals surface area contributed by atoms with Gasteiger partial charge in [-0.15, -0.1) is 0 Å². The lowest BCUT2D eigenvalue weighted by Crippen LogP contribution is -2.28. The average Bonchev–Trinajstić information content (AvgIpc) is 2.39. The van der Waals surface area contributed by atoms with Crippen molar-refractivity contribution in [2.24, 2.45) is 5.73 Å². The molecule has 3 N–H and O–H groups in total. The van der Waals surface area contributed by atoms with E-state index in [2.05, 4.69) is 49.3 Å². The van der Waals surface area contributed by atoms with Gasteiger partial charge in [0.15, 0.2) is 0 Å². The molecule has 0 saturated carbocycles. The van der Waals surface area contributed by atoms with E-state index in [1.165, 1.54) is 16.5 Å². The minimum atomic E-state index is 0.441. The largest absolute Gasteiger partial charge is 0.330 e. The summed E-state index contributed by atoms with van der Waals surface area (Å²) in [6, 6.07) is 8.79. The topological polar surface area (TPSA) is 50.9 Å². The molecule has 1 unspecified atom stereocenters. The molecule has 0 saturated heterocycles. The second-order valence-electron chi connectivity index (χ2n) is 5.18. The van der Waals surface area contributed by atoms with Gasteiger partial charge in [-0.1, -0.05) is 18.2 Å². The van der Waals surface area contributed by atoms with Crippen LogP contribution in [0.4, 0.5) is 0 Å². The maximum absolute atomic E-state index is 5.59. The Balaban J connectivity index is 2.32. The van der Waals surface area contributed by atoms with Crippen LogP contribution in [-0.4, -0.2) is 17.6 Å². The Bertz CT molecular complexity index is 563. The second-order valence-corrected chi connectivity index (χ2v) is 5.18. The number of pyridine rings is 1. The van der Waals surface area contributed by atoms with Crippen LogP contribution in [0.15, 0.2) is 24.3 Å². The fourth-order valence-corrected chi connectivity index (χ4v) is 2.37. The van der Waals surface area contributed by atoms with E-state index in [9.17, 15) is 0 Å². The molecule has 3 nitrogen and oxygen atoms in total. The van der Waals surface area contributed by atoms with Gasteiger partial charge in [0.1, 0.15) is 0 Å². The molecule has 3 heteroatoms. The average molecular weight is 257 g/mol. The van der Waals surface area contributed by atoms with Crippen molar-refractivity contribution in [1.82, 2.24) is 10.3 Å². The maximum atomic E-state index is 5.59. The highest BCUT2D eigenvalue weighted by atomic mass is 14.9. The summed E-state index contributed by atoms with van der Waals surface area (Å²) in [5.74, 6) is 0. The number of fused-ring (bicyclic) bond motifs is 1. The normalized spacial score (nSPS) is 12.8. The first kappa shape index (κ1) is 14.0. The van der Waals surface area contributed by atoms with Crippen LogP contribution in [0.5, 0.6) is 0 Å². The van der Waals surface area contributed by atoms with Crippen molar-refractivity contribution in [1.29, 1.82) is 0 Å². The van der Waals surface area contributed by atoms with Gasteiger partial charge in [-0.25, -0.2) is 0 Å². The Morgan fingerprint density at radius 1 is 1.26 bits per heavy atom. The molecule has 0 aliphatic carbocycles. The van der Waals surface area contributed by atoms with Crippen LogP contribution in [0.1, 0.15) is 30.2 Å². The maximum Gasteiger partial charge on any atom is 0.0708 e. The summed E-state index contributed by atoms with van der Waals surface area (Å²) >= 11 is 0. The zero-order valence-corrected chi connectivity index (χ0v) is 12.0. The van der Waals surface area contributed by atoms with Gasteiger partial charge in [0.2, 0.25) is 0 Å².